The van der Waals surface area contributed by atoms with Gasteiger partial charge in [0.05, 0.1) is 17.6 Å². The summed E-state index contributed by atoms with van der Waals surface area (Å²) in [6.07, 6.45) is 7.95. The molecule has 1 saturated carbocycles. The highest BCUT2D eigenvalue weighted by atomic mass is 16.4. The Balaban J connectivity index is 1.46. The summed E-state index contributed by atoms with van der Waals surface area (Å²) >= 11 is 0. The van der Waals surface area contributed by atoms with Gasteiger partial charge in [0, 0.05) is 24.6 Å². The second-order valence-corrected chi connectivity index (χ2v) is 8.77. The van der Waals surface area contributed by atoms with E-state index in [1.54, 1.807) is 4.68 Å². The number of benzene rings is 2. The Morgan fingerprint density at radius 2 is 1.59 bits per heavy atom. The number of likely N-dealkylation sites (tertiary alicyclic amines) is 1. The summed E-state index contributed by atoms with van der Waals surface area (Å²) in [5.74, 6) is -0.588. The molecule has 1 aliphatic carbocycles. The Hall–Kier alpha value is -3.41. The van der Waals surface area contributed by atoms with E-state index in [1.807, 2.05) is 53.4 Å². The fourth-order valence-corrected chi connectivity index (χ4v) is 4.58. The molecule has 6 heteroatoms. The molecule has 2 aromatic carbocycles. The lowest BCUT2D eigenvalue weighted by Crippen LogP contribution is -2.31. The van der Waals surface area contributed by atoms with Crippen molar-refractivity contribution in [3.05, 3.63) is 71.5 Å². The largest absolute Gasteiger partial charge is 0.478 e. The van der Waals surface area contributed by atoms with Gasteiger partial charge in [-0.3, -0.25) is 4.79 Å². The van der Waals surface area contributed by atoms with Crippen molar-refractivity contribution in [1.82, 2.24) is 14.7 Å². The van der Waals surface area contributed by atoms with E-state index < -0.39 is 5.97 Å². The zero-order valence-corrected chi connectivity index (χ0v) is 18.0. The first kappa shape index (κ1) is 20.5. The number of amides is 1. The monoisotopic (exact) mass is 429 g/mol. The lowest BCUT2D eigenvalue weighted by Gasteiger charge is -2.20. The summed E-state index contributed by atoms with van der Waals surface area (Å²) in [6, 6.07) is 15.7. The van der Waals surface area contributed by atoms with Crippen LogP contribution in [0.3, 0.4) is 0 Å². The second-order valence-electron chi connectivity index (χ2n) is 8.77. The predicted octanol–water partition coefficient (Wildman–Crippen LogP) is 5.13. The molecule has 164 valence electrons. The molecular formula is C26H27N3O3. The van der Waals surface area contributed by atoms with Gasteiger partial charge in [0.2, 0.25) is 0 Å². The van der Waals surface area contributed by atoms with Crippen molar-refractivity contribution in [3.8, 4) is 16.8 Å². The normalized spacial score (nSPS) is 16.6. The lowest BCUT2D eigenvalue weighted by atomic mass is 10.0. The minimum Gasteiger partial charge on any atom is -0.478 e. The number of hydrogen-bond donors (Lipinski definition) is 1. The molecule has 0 atom stereocenters. The van der Waals surface area contributed by atoms with Crippen LogP contribution in [-0.4, -0.2) is 44.8 Å². The summed E-state index contributed by atoms with van der Waals surface area (Å²) in [5.41, 5.74) is 4.54. The molecule has 1 aromatic heterocycles. The van der Waals surface area contributed by atoms with E-state index >= 15 is 0 Å². The summed E-state index contributed by atoms with van der Waals surface area (Å²) in [7, 11) is 0. The van der Waals surface area contributed by atoms with E-state index in [2.05, 4.69) is 5.10 Å². The first-order valence-corrected chi connectivity index (χ1v) is 11.4. The van der Waals surface area contributed by atoms with Crippen LogP contribution < -0.4 is 0 Å². The molecule has 2 heterocycles. The van der Waals surface area contributed by atoms with Crippen LogP contribution in [0, 0.1) is 0 Å². The Morgan fingerprint density at radius 1 is 0.906 bits per heavy atom. The number of carbonyl (C=O) groups is 2. The molecule has 5 rings (SSSR count). The molecule has 1 aliphatic heterocycles. The van der Waals surface area contributed by atoms with Crippen molar-refractivity contribution in [2.45, 2.75) is 44.4 Å². The minimum atomic E-state index is -0.936. The van der Waals surface area contributed by atoms with Crippen molar-refractivity contribution in [3.63, 3.8) is 0 Å². The molecule has 2 aliphatic rings. The van der Waals surface area contributed by atoms with Crippen molar-refractivity contribution >= 4 is 11.9 Å². The van der Waals surface area contributed by atoms with E-state index in [4.69, 9.17) is 0 Å². The fourth-order valence-electron chi connectivity index (χ4n) is 4.58. The lowest BCUT2D eigenvalue weighted by molar-refractivity contribution is 0.0694. The number of hydrogen-bond acceptors (Lipinski definition) is 3. The van der Waals surface area contributed by atoms with Crippen molar-refractivity contribution < 1.29 is 14.7 Å². The van der Waals surface area contributed by atoms with Gasteiger partial charge in [0.1, 0.15) is 5.56 Å². The number of rotatable bonds is 5. The highest BCUT2D eigenvalue weighted by molar-refractivity contribution is 5.95. The third-order valence-electron chi connectivity index (χ3n) is 6.43. The highest BCUT2D eigenvalue weighted by Crippen LogP contribution is 2.42. The molecule has 6 nitrogen and oxygen atoms in total. The Bertz CT molecular complexity index is 1150. The second kappa shape index (κ2) is 8.61. The number of carbonyl (C=O) groups excluding carboxylic acids is 1. The molecule has 3 aromatic rings. The summed E-state index contributed by atoms with van der Waals surface area (Å²) in [5, 5.41) is 13.9. The third-order valence-corrected chi connectivity index (χ3v) is 6.43. The van der Waals surface area contributed by atoms with Gasteiger partial charge in [-0.1, -0.05) is 37.1 Å². The van der Waals surface area contributed by atoms with Crippen molar-refractivity contribution in [2.24, 2.45) is 0 Å². The van der Waals surface area contributed by atoms with Gasteiger partial charge >= 0.3 is 5.97 Å². The SMILES string of the molecule is O=C(O)c1cnn(-c2cccc(-c3cccc(C(=O)N4CCCCCC4)c3)c2)c1C1CC1. The van der Waals surface area contributed by atoms with Crippen molar-refractivity contribution in [1.29, 1.82) is 0 Å². The van der Waals surface area contributed by atoms with Gasteiger partial charge in [0.15, 0.2) is 0 Å². The smallest absolute Gasteiger partial charge is 0.339 e. The maximum Gasteiger partial charge on any atom is 0.339 e. The first-order valence-electron chi connectivity index (χ1n) is 11.4. The van der Waals surface area contributed by atoms with Gasteiger partial charge < -0.3 is 10.0 Å². The van der Waals surface area contributed by atoms with Crippen LogP contribution in [0.5, 0.6) is 0 Å². The van der Waals surface area contributed by atoms with Gasteiger partial charge in [-0.15, -0.1) is 0 Å². The fraction of sp³-hybridized carbons (Fsp3) is 0.346. The van der Waals surface area contributed by atoms with E-state index in [0.717, 1.165) is 61.3 Å². The molecule has 0 radical (unpaired) electrons. The van der Waals surface area contributed by atoms with Gasteiger partial charge in [-0.25, -0.2) is 9.48 Å². The first-order chi connectivity index (χ1) is 15.6. The number of carboxylic acids is 1. The average molecular weight is 430 g/mol. The Labute approximate surface area is 187 Å². The summed E-state index contributed by atoms with van der Waals surface area (Å²) < 4.78 is 1.76. The van der Waals surface area contributed by atoms with Crippen LogP contribution in [-0.2, 0) is 0 Å². The van der Waals surface area contributed by atoms with Crippen LogP contribution in [0.25, 0.3) is 16.8 Å². The quantitative estimate of drug-likeness (QED) is 0.610. The number of aromatic nitrogens is 2. The highest BCUT2D eigenvalue weighted by Gasteiger charge is 2.33. The van der Waals surface area contributed by atoms with E-state index in [9.17, 15) is 14.7 Å². The Morgan fingerprint density at radius 3 is 2.28 bits per heavy atom. The average Bonchev–Trinajstić information content (AvgIpc) is 3.61. The zero-order valence-electron chi connectivity index (χ0n) is 18.0. The molecule has 0 unspecified atom stereocenters. The predicted molar refractivity (Wildman–Crippen MR) is 122 cm³/mol. The van der Waals surface area contributed by atoms with Crippen LogP contribution in [0.15, 0.2) is 54.7 Å². The summed E-state index contributed by atoms with van der Waals surface area (Å²) in [6.45, 7) is 1.65. The van der Waals surface area contributed by atoms with Crippen LogP contribution in [0.2, 0.25) is 0 Å². The van der Waals surface area contributed by atoms with Gasteiger partial charge in [-0.2, -0.15) is 5.10 Å². The molecule has 1 saturated heterocycles. The van der Waals surface area contributed by atoms with Crippen molar-refractivity contribution in [2.75, 3.05) is 13.1 Å². The third kappa shape index (κ3) is 4.05. The molecule has 1 N–H and O–H groups in total. The Kier molecular flexibility index (Phi) is 5.52. The number of aromatic carboxylic acids is 1. The van der Waals surface area contributed by atoms with E-state index in [0.29, 0.717) is 5.56 Å². The van der Waals surface area contributed by atoms with E-state index in [1.165, 1.54) is 19.0 Å². The molecule has 2 fully saturated rings. The van der Waals surface area contributed by atoms with E-state index in [-0.39, 0.29) is 17.4 Å². The maximum absolute atomic E-state index is 13.1. The molecule has 0 spiro atoms. The number of nitrogens with zero attached hydrogens (tertiary/aromatic N) is 3. The molecule has 32 heavy (non-hydrogen) atoms. The van der Waals surface area contributed by atoms with Gasteiger partial charge in [0.25, 0.3) is 5.91 Å². The van der Waals surface area contributed by atoms with Gasteiger partial charge in [-0.05, 0) is 61.1 Å². The van der Waals surface area contributed by atoms with Crippen LogP contribution in [0.1, 0.15) is 70.9 Å². The molecule has 1 amide bonds. The standard InChI is InChI=1S/C26H27N3O3/c30-25(28-13-3-1-2-4-14-28)21-9-5-7-19(15-21)20-8-6-10-22(16-20)29-24(18-11-12-18)23(17-27-29)26(31)32/h5-10,15-18H,1-4,11-14H2,(H,31,32). The molecular weight excluding hydrogens is 402 g/mol. The number of carboxylic acid groups (broad SMARTS) is 1. The summed E-state index contributed by atoms with van der Waals surface area (Å²) in [4.78, 5) is 26.7. The minimum absolute atomic E-state index is 0.0964. The molecule has 0 bridgehead atoms. The van der Waals surface area contributed by atoms with Crippen LogP contribution in [0.4, 0.5) is 0 Å². The topological polar surface area (TPSA) is 75.4 Å². The van der Waals surface area contributed by atoms with Crippen LogP contribution >= 0.6 is 0 Å². The zero-order chi connectivity index (χ0) is 22.1. The maximum atomic E-state index is 13.1.